The summed E-state index contributed by atoms with van der Waals surface area (Å²) in [6.45, 7) is 4.69. The van der Waals surface area contributed by atoms with Crippen LogP contribution < -0.4 is 5.56 Å². The van der Waals surface area contributed by atoms with E-state index in [0.717, 1.165) is 22.3 Å². The molecule has 6 nitrogen and oxygen atoms in total. The Bertz CT molecular complexity index is 1290. The highest BCUT2D eigenvalue weighted by Crippen LogP contribution is 2.23. The lowest BCUT2D eigenvalue weighted by molar-refractivity contribution is -0.127. The van der Waals surface area contributed by atoms with Crippen LogP contribution in [0.5, 0.6) is 0 Å². The lowest BCUT2D eigenvalue weighted by Gasteiger charge is -2.16. The van der Waals surface area contributed by atoms with Crippen molar-refractivity contribution in [1.29, 1.82) is 0 Å². The number of rotatable bonds is 6. The van der Waals surface area contributed by atoms with Crippen molar-refractivity contribution >= 4 is 39.3 Å². The molecule has 0 saturated heterocycles. The van der Waals surface area contributed by atoms with Crippen LogP contribution in [0.2, 0.25) is 0 Å². The molecule has 0 N–H and O–H groups in total. The molecule has 4 rings (SSSR count). The maximum Gasteiger partial charge on any atom is 0.262 e. The zero-order valence-electron chi connectivity index (χ0n) is 17.2. The Kier molecular flexibility index (Phi) is 5.63. The number of benzene rings is 2. The summed E-state index contributed by atoms with van der Waals surface area (Å²) in [5, 5.41) is 3.20. The Morgan fingerprint density at radius 1 is 1.17 bits per heavy atom. The van der Waals surface area contributed by atoms with E-state index in [-0.39, 0.29) is 17.2 Å². The maximum atomic E-state index is 13.0. The molecule has 0 fully saturated rings. The quantitative estimate of drug-likeness (QED) is 0.265. The Morgan fingerprint density at radius 3 is 2.57 bits per heavy atom. The van der Waals surface area contributed by atoms with Gasteiger partial charge < -0.3 is 9.32 Å². The highest BCUT2D eigenvalue weighted by Gasteiger charge is 2.16. The molecule has 2 aromatic carbocycles. The van der Waals surface area contributed by atoms with Crippen LogP contribution in [0.4, 0.5) is 0 Å². The van der Waals surface area contributed by atoms with Crippen molar-refractivity contribution in [2.24, 2.45) is 0 Å². The van der Waals surface area contributed by atoms with E-state index in [0.29, 0.717) is 29.1 Å². The first kappa shape index (κ1) is 20.2. The van der Waals surface area contributed by atoms with Crippen LogP contribution in [0.1, 0.15) is 18.4 Å². The number of hydrogen-bond acceptors (Lipinski definition) is 5. The monoisotopic (exact) mass is 421 g/mol. The average molecular weight is 422 g/mol. The first-order chi connectivity index (χ1) is 14.5. The summed E-state index contributed by atoms with van der Waals surface area (Å²) in [6.07, 6.45) is 0. The smallest absolute Gasteiger partial charge is 0.262 e. The Morgan fingerprint density at radius 2 is 1.90 bits per heavy atom. The number of carbonyl (C=O) groups excluding carboxylic acids is 1. The second-order valence-electron chi connectivity index (χ2n) is 7.21. The summed E-state index contributed by atoms with van der Waals surface area (Å²) in [5.41, 5.74) is 0.570. The Labute approximate surface area is 178 Å². The Hall–Kier alpha value is -3.06. The first-order valence-electron chi connectivity index (χ1n) is 9.81. The van der Waals surface area contributed by atoms with Crippen molar-refractivity contribution < 1.29 is 9.21 Å². The van der Waals surface area contributed by atoms with Crippen LogP contribution in [-0.4, -0.2) is 33.2 Å². The SMILES string of the molecule is CCn1c(SCC(=O)N(C)Cc2ccc(C)o2)nc2cc3ccccc3cc2c1=O. The molecule has 0 aliphatic carbocycles. The third kappa shape index (κ3) is 3.98. The summed E-state index contributed by atoms with van der Waals surface area (Å²) < 4.78 is 7.17. The van der Waals surface area contributed by atoms with Gasteiger partial charge in [-0.3, -0.25) is 14.2 Å². The lowest BCUT2D eigenvalue weighted by atomic mass is 10.1. The van der Waals surface area contributed by atoms with Gasteiger partial charge in [-0.25, -0.2) is 4.98 Å². The van der Waals surface area contributed by atoms with Crippen molar-refractivity contribution in [2.45, 2.75) is 32.1 Å². The largest absolute Gasteiger partial charge is 0.464 e. The van der Waals surface area contributed by atoms with E-state index in [4.69, 9.17) is 9.40 Å². The van der Waals surface area contributed by atoms with E-state index in [2.05, 4.69) is 0 Å². The van der Waals surface area contributed by atoms with Crippen LogP contribution in [0.25, 0.3) is 21.7 Å². The van der Waals surface area contributed by atoms with Crippen molar-refractivity contribution in [3.05, 3.63) is 70.4 Å². The molecular weight excluding hydrogens is 398 g/mol. The van der Waals surface area contributed by atoms with Crippen LogP contribution >= 0.6 is 11.8 Å². The number of fused-ring (bicyclic) bond motifs is 2. The third-order valence-corrected chi connectivity index (χ3v) is 6.00. The number of nitrogens with zero attached hydrogens (tertiary/aromatic N) is 3. The molecule has 0 aliphatic rings. The van der Waals surface area contributed by atoms with Gasteiger partial charge in [0.25, 0.3) is 5.56 Å². The molecule has 154 valence electrons. The van der Waals surface area contributed by atoms with Gasteiger partial charge in [0.1, 0.15) is 11.5 Å². The van der Waals surface area contributed by atoms with E-state index in [1.165, 1.54) is 11.8 Å². The number of amides is 1. The fourth-order valence-corrected chi connectivity index (χ4v) is 4.41. The normalized spacial score (nSPS) is 11.3. The van der Waals surface area contributed by atoms with Crippen molar-refractivity contribution in [1.82, 2.24) is 14.5 Å². The molecule has 0 unspecified atom stereocenters. The predicted octanol–water partition coefficient (Wildman–Crippen LogP) is 4.22. The molecule has 2 aromatic heterocycles. The second kappa shape index (κ2) is 8.36. The lowest BCUT2D eigenvalue weighted by Crippen LogP contribution is -2.28. The van der Waals surface area contributed by atoms with Gasteiger partial charge in [0.15, 0.2) is 5.16 Å². The van der Waals surface area contributed by atoms with Crippen LogP contribution in [0.15, 0.2) is 62.9 Å². The molecule has 0 bridgehead atoms. The number of hydrogen-bond donors (Lipinski definition) is 0. The van der Waals surface area contributed by atoms with Gasteiger partial charge in [-0.05, 0) is 48.9 Å². The predicted molar refractivity (Wildman–Crippen MR) is 120 cm³/mol. The van der Waals surface area contributed by atoms with Crippen LogP contribution in [0.3, 0.4) is 0 Å². The van der Waals surface area contributed by atoms with E-state index in [1.54, 1.807) is 16.5 Å². The van der Waals surface area contributed by atoms with E-state index in [9.17, 15) is 9.59 Å². The van der Waals surface area contributed by atoms with Crippen LogP contribution in [0, 0.1) is 6.92 Å². The van der Waals surface area contributed by atoms with E-state index in [1.807, 2.05) is 62.4 Å². The zero-order valence-corrected chi connectivity index (χ0v) is 18.0. The minimum Gasteiger partial charge on any atom is -0.464 e. The highest BCUT2D eigenvalue weighted by atomic mass is 32.2. The minimum absolute atomic E-state index is 0.0513. The Balaban J connectivity index is 1.59. The topological polar surface area (TPSA) is 68.3 Å². The summed E-state index contributed by atoms with van der Waals surface area (Å²) >= 11 is 1.29. The fraction of sp³-hybridized carbons (Fsp3) is 0.261. The van der Waals surface area contributed by atoms with Crippen molar-refractivity contribution in [3.8, 4) is 0 Å². The van der Waals surface area contributed by atoms with Gasteiger partial charge in [0.05, 0.1) is 23.2 Å². The molecule has 0 atom stereocenters. The summed E-state index contributed by atoms with van der Waals surface area (Å²) in [6, 6.07) is 15.5. The molecule has 4 aromatic rings. The molecule has 7 heteroatoms. The third-order valence-electron chi connectivity index (χ3n) is 5.04. The van der Waals surface area contributed by atoms with E-state index >= 15 is 0 Å². The van der Waals surface area contributed by atoms with Gasteiger partial charge in [-0.2, -0.15) is 0 Å². The molecule has 0 aliphatic heterocycles. The molecular formula is C23H23N3O3S. The maximum absolute atomic E-state index is 13.0. The summed E-state index contributed by atoms with van der Waals surface area (Å²) in [4.78, 5) is 32.0. The first-order valence-corrected chi connectivity index (χ1v) is 10.8. The number of furan rings is 1. The molecule has 30 heavy (non-hydrogen) atoms. The molecule has 0 saturated carbocycles. The number of aryl methyl sites for hydroxylation is 1. The molecule has 0 radical (unpaired) electrons. The summed E-state index contributed by atoms with van der Waals surface area (Å²) in [7, 11) is 1.74. The molecule has 2 heterocycles. The second-order valence-corrected chi connectivity index (χ2v) is 8.15. The van der Waals surface area contributed by atoms with Gasteiger partial charge in [0, 0.05) is 13.6 Å². The molecule has 1 amide bonds. The zero-order chi connectivity index (χ0) is 21.3. The van der Waals surface area contributed by atoms with E-state index < -0.39 is 0 Å². The fourth-order valence-electron chi connectivity index (χ4n) is 3.41. The average Bonchev–Trinajstić information content (AvgIpc) is 3.15. The molecule has 0 spiro atoms. The number of aromatic nitrogens is 2. The van der Waals surface area contributed by atoms with Gasteiger partial charge in [-0.15, -0.1) is 0 Å². The van der Waals surface area contributed by atoms with Gasteiger partial charge in [0.2, 0.25) is 5.91 Å². The number of carbonyl (C=O) groups is 1. The van der Waals surface area contributed by atoms with Crippen molar-refractivity contribution in [2.75, 3.05) is 12.8 Å². The standard InChI is InChI=1S/C23H23N3O3S/c1-4-26-22(28)19-11-16-7-5-6-8-17(16)12-20(19)24-23(26)30-14-21(27)25(3)13-18-10-9-15(2)29-18/h5-12H,4,13-14H2,1-3H3. The highest BCUT2D eigenvalue weighted by molar-refractivity contribution is 7.99. The van der Waals surface area contributed by atoms with Crippen molar-refractivity contribution in [3.63, 3.8) is 0 Å². The number of thioether (sulfide) groups is 1. The summed E-state index contributed by atoms with van der Waals surface area (Å²) in [5.74, 6) is 1.71. The van der Waals surface area contributed by atoms with Crippen LogP contribution in [-0.2, 0) is 17.9 Å². The van der Waals surface area contributed by atoms with Gasteiger partial charge in [-0.1, -0.05) is 36.0 Å². The van der Waals surface area contributed by atoms with Gasteiger partial charge >= 0.3 is 0 Å². The minimum atomic E-state index is -0.0809.